The van der Waals surface area contributed by atoms with Gasteiger partial charge in [0.15, 0.2) is 5.09 Å². The smallest absolute Gasteiger partial charge is 0.165 e. The second-order valence-corrected chi connectivity index (χ2v) is 5.98. The molecule has 0 fully saturated rings. The van der Waals surface area contributed by atoms with Gasteiger partial charge in [0.1, 0.15) is 5.76 Å². The second-order valence-electron chi connectivity index (χ2n) is 4.46. The number of halogens is 1. The first kappa shape index (κ1) is 13.3. The molecule has 0 aliphatic rings. The Bertz CT molecular complexity index is 719. The van der Waals surface area contributed by atoms with Crippen LogP contribution >= 0.6 is 23.4 Å². The van der Waals surface area contributed by atoms with Gasteiger partial charge in [-0.05, 0) is 42.8 Å². The Hall–Kier alpha value is -1.64. The van der Waals surface area contributed by atoms with Gasteiger partial charge in [-0.1, -0.05) is 53.7 Å². The number of hydrogen-bond donors (Lipinski definition) is 0. The SMILES string of the molecule is Cc1oc(Sc2ccccc2)cc1-c1cccc(Cl)c1. The molecule has 20 heavy (non-hydrogen) atoms. The molecule has 0 aliphatic carbocycles. The van der Waals surface area contributed by atoms with Crippen LogP contribution in [-0.2, 0) is 0 Å². The van der Waals surface area contributed by atoms with Crippen molar-refractivity contribution in [2.75, 3.05) is 0 Å². The van der Waals surface area contributed by atoms with E-state index >= 15 is 0 Å². The van der Waals surface area contributed by atoms with Crippen LogP contribution in [-0.4, -0.2) is 0 Å². The number of rotatable bonds is 3. The summed E-state index contributed by atoms with van der Waals surface area (Å²) < 4.78 is 5.83. The third-order valence-corrected chi connectivity index (χ3v) is 4.14. The fourth-order valence-electron chi connectivity index (χ4n) is 2.05. The number of aryl methyl sites for hydroxylation is 1. The lowest BCUT2D eigenvalue weighted by molar-refractivity contribution is 0.449. The van der Waals surface area contributed by atoms with E-state index in [1.807, 2.05) is 49.4 Å². The molecule has 1 aromatic heterocycles. The van der Waals surface area contributed by atoms with Crippen LogP contribution in [0.3, 0.4) is 0 Å². The fraction of sp³-hybridized carbons (Fsp3) is 0.0588. The molecule has 2 aromatic carbocycles. The molecule has 0 atom stereocenters. The first-order chi connectivity index (χ1) is 9.72. The van der Waals surface area contributed by atoms with Crippen LogP contribution in [0.2, 0.25) is 5.02 Å². The Balaban J connectivity index is 1.91. The lowest BCUT2D eigenvalue weighted by Crippen LogP contribution is -1.76. The molecule has 0 amide bonds. The fourth-order valence-corrected chi connectivity index (χ4v) is 3.11. The lowest BCUT2D eigenvalue weighted by atomic mass is 10.1. The zero-order valence-electron chi connectivity index (χ0n) is 11.0. The molecule has 3 heteroatoms. The molecule has 1 nitrogen and oxygen atoms in total. The zero-order valence-corrected chi connectivity index (χ0v) is 12.5. The van der Waals surface area contributed by atoms with Gasteiger partial charge < -0.3 is 4.42 Å². The van der Waals surface area contributed by atoms with E-state index in [0.29, 0.717) is 0 Å². The Morgan fingerprint density at radius 3 is 2.50 bits per heavy atom. The van der Waals surface area contributed by atoms with Gasteiger partial charge >= 0.3 is 0 Å². The van der Waals surface area contributed by atoms with Crippen molar-refractivity contribution in [2.45, 2.75) is 16.9 Å². The van der Waals surface area contributed by atoms with Gasteiger partial charge in [0.05, 0.1) is 0 Å². The third-order valence-electron chi connectivity index (χ3n) is 2.99. The van der Waals surface area contributed by atoms with Crippen LogP contribution in [0.4, 0.5) is 0 Å². The highest BCUT2D eigenvalue weighted by atomic mass is 35.5. The van der Waals surface area contributed by atoms with Gasteiger partial charge in [-0.3, -0.25) is 0 Å². The van der Waals surface area contributed by atoms with Crippen molar-refractivity contribution in [3.8, 4) is 11.1 Å². The van der Waals surface area contributed by atoms with Crippen molar-refractivity contribution in [1.29, 1.82) is 0 Å². The summed E-state index contributed by atoms with van der Waals surface area (Å²) in [6.07, 6.45) is 0. The molecule has 0 saturated heterocycles. The van der Waals surface area contributed by atoms with Crippen molar-refractivity contribution in [3.63, 3.8) is 0 Å². The average Bonchev–Trinajstić information content (AvgIpc) is 2.81. The normalized spacial score (nSPS) is 10.7. The van der Waals surface area contributed by atoms with Gasteiger partial charge in [0.25, 0.3) is 0 Å². The quantitative estimate of drug-likeness (QED) is 0.583. The van der Waals surface area contributed by atoms with E-state index in [2.05, 4.69) is 18.2 Å². The summed E-state index contributed by atoms with van der Waals surface area (Å²) in [4.78, 5) is 1.17. The summed E-state index contributed by atoms with van der Waals surface area (Å²) in [7, 11) is 0. The highest BCUT2D eigenvalue weighted by molar-refractivity contribution is 7.99. The van der Waals surface area contributed by atoms with Gasteiger partial charge in [0.2, 0.25) is 0 Å². The topological polar surface area (TPSA) is 13.1 Å². The van der Waals surface area contributed by atoms with E-state index in [-0.39, 0.29) is 0 Å². The van der Waals surface area contributed by atoms with Crippen molar-refractivity contribution in [2.24, 2.45) is 0 Å². The van der Waals surface area contributed by atoms with Crippen LogP contribution < -0.4 is 0 Å². The Morgan fingerprint density at radius 1 is 0.950 bits per heavy atom. The van der Waals surface area contributed by atoms with Crippen LogP contribution in [0, 0.1) is 6.92 Å². The van der Waals surface area contributed by atoms with Crippen LogP contribution in [0.5, 0.6) is 0 Å². The van der Waals surface area contributed by atoms with E-state index < -0.39 is 0 Å². The molecule has 0 bridgehead atoms. The van der Waals surface area contributed by atoms with Crippen molar-refractivity contribution in [1.82, 2.24) is 0 Å². The van der Waals surface area contributed by atoms with Gasteiger partial charge in [-0.25, -0.2) is 0 Å². The van der Waals surface area contributed by atoms with Crippen molar-refractivity contribution in [3.05, 3.63) is 71.4 Å². The summed E-state index contributed by atoms with van der Waals surface area (Å²) in [5.74, 6) is 0.908. The molecule has 0 aliphatic heterocycles. The summed E-state index contributed by atoms with van der Waals surface area (Å²) in [6, 6.07) is 20.1. The third kappa shape index (κ3) is 2.92. The van der Waals surface area contributed by atoms with E-state index in [0.717, 1.165) is 27.0 Å². The molecule has 3 aromatic rings. The van der Waals surface area contributed by atoms with Crippen molar-refractivity contribution < 1.29 is 4.42 Å². The second kappa shape index (κ2) is 5.78. The summed E-state index contributed by atoms with van der Waals surface area (Å²) in [5, 5.41) is 1.63. The predicted octanol–water partition coefficient (Wildman–Crippen LogP) is 6.06. The molecule has 0 N–H and O–H groups in total. The zero-order chi connectivity index (χ0) is 13.9. The summed E-state index contributed by atoms with van der Waals surface area (Å²) >= 11 is 7.67. The molecule has 0 saturated carbocycles. The van der Waals surface area contributed by atoms with Gasteiger partial charge in [-0.15, -0.1) is 0 Å². The lowest BCUT2D eigenvalue weighted by Gasteiger charge is -1.98. The molecule has 0 unspecified atom stereocenters. The van der Waals surface area contributed by atoms with Gasteiger partial charge in [-0.2, -0.15) is 0 Å². The Kier molecular flexibility index (Phi) is 3.86. The molecule has 100 valence electrons. The van der Waals surface area contributed by atoms with E-state index in [4.69, 9.17) is 16.0 Å². The number of furan rings is 1. The van der Waals surface area contributed by atoms with Crippen LogP contribution in [0.1, 0.15) is 5.76 Å². The molecule has 3 rings (SSSR count). The van der Waals surface area contributed by atoms with E-state index in [1.54, 1.807) is 11.8 Å². The van der Waals surface area contributed by atoms with E-state index in [1.165, 1.54) is 4.90 Å². The van der Waals surface area contributed by atoms with Crippen LogP contribution in [0.25, 0.3) is 11.1 Å². The molecular weight excluding hydrogens is 288 g/mol. The number of hydrogen-bond acceptors (Lipinski definition) is 2. The first-order valence-corrected chi connectivity index (χ1v) is 7.51. The minimum absolute atomic E-state index is 0.736. The maximum absolute atomic E-state index is 6.05. The van der Waals surface area contributed by atoms with Crippen LogP contribution in [0.15, 0.2) is 75.1 Å². The first-order valence-electron chi connectivity index (χ1n) is 6.31. The average molecular weight is 301 g/mol. The van der Waals surface area contributed by atoms with Crippen molar-refractivity contribution >= 4 is 23.4 Å². The molecule has 1 heterocycles. The standard InChI is InChI=1S/C17H13ClOS/c1-12-16(13-6-5-7-14(18)10-13)11-17(19-12)20-15-8-3-2-4-9-15/h2-11H,1H3. The maximum atomic E-state index is 6.05. The minimum Gasteiger partial charge on any atom is -0.454 e. The highest BCUT2D eigenvalue weighted by Gasteiger charge is 2.10. The van der Waals surface area contributed by atoms with E-state index in [9.17, 15) is 0 Å². The molecular formula is C17H13ClOS. The maximum Gasteiger partial charge on any atom is 0.165 e. The minimum atomic E-state index is 0.736. The number of benzene rings is 2. The Labute approximate surface area is 127 Å². The predicted molar refractivity (Wildman–Crippen MR) is 84.5 cm³/mol. The molecule has 0 spiro atoms. The summed E-state index contributed by atoms with van der Waals surface area (Å²) in [6.45, 7) is 1.98. The highest BCUT2D eigenvalue weighted by Crippen LogP contribution is 2.35. The molecule has 0 radical (unpaired) electrons. The Morgan fingerprint density at radius 2 is 1.75 bits per heavy atom. The van der Waals surface area contributed by atoms with Gasteiger partial charge in [0, 0.05) is 15.5 Å². The largest absolute Gasteiger partial charge is 0.454 e. The summed E-state index contributed by atoms with van der Waals surface area (Å²) in [5.41, 5.74) is 2.17. The monoisotopic (exact) mass is 300 g/mol.